The van der Waals surface area contributed by atoms with Crippen LogP contribution in [-0.2, 0) is 20.5 Å². The van der Waals surface area contributed by atoms with Crippen molar-refractivity contribution in [3.63, 3.8) is 0 Å². The van der Waals surface area contributed by atoms with Crippen molar-refractivity contribution < 1.29 is 27.5 Å². The molecule has 2 rings (SSSR count). The van der Waals surface area contributed by atoms with E-state index in [1.807, 2.05) is 0 Å². The molecule has 0 radical (unpaired) electrons. The fourth-order valence-corrected chi connectivity index (χ4v) is 2.20. The quantitative estimate of drug-likeness (QED) is 0.867. The monoisotopic (exact) mass is 301 g/mol. The number of carbonyl (C=O) groups is 2. The van der Waals surface area contributed by atoms with Crippen LogP contribution >= 0.6 is 0 Å². The van der Waals surface area contributed by atoms with Gasteiger partial charge in [-0.2, -0.15) is 13.2 Å². The second kappa shape index (κ2) is 5.38. The van der Waals surface area contributed by atoms with E-state index in [0.29, 0.717) is 0 Å². The summed E-state index contributed by atoms with van der Waals surface area (Å²) in [6.07, 6.45) is -5.28. The highest BCUT2D eigenvalue weighted by molar-refractivity contribution is 5.84. The Balaban J connectivity index is 2.11. The average Bonchev–Trinajstić information content (AvgIpc) is 3.17. The Morgan fingerprint density at radius 3 is 2.52 bits per heavy atom. The van der Waals surface area contributed by atoms with Crippen LogP contribution in [0.15, 0.2) is 24.3 Å². The molecule has 0 aromatic heterocycles. The molecule has 1 aliphatic rings. The van der Waals surface area contributed by atoms with Crippen molar-refractivity contribution in [2.45, 2.75) is 31.5 Å². The number of ether oxygens (including phenoxy) is 1. The number of benzene rings is 1. The Morgan fingerprint density at radius 1 is 1.33 bits per heavy atom. The molecular weight excluding hydrogens is 287 g/mol. The Kier molecular flexibility index (Phi) is 3.93. The first-order chi connectivity index (χ1) is 9.71. The highest BCUT2D eigenvalue weighted by atomic mass is 19.4. The van der Waals surface area contributed by atoms with Crippen LogP contribution < -0.4 is 5.73 Å². The molecule has 2 N–H and O–H groups in total. The highest BCUT2D eigenvalue weighted by Gasteiger charge is 2.49. The smallest absolute Gasteiger partial charge is 0.416 e. The first kappa shape index (κ1) is 15.3. The van der Waals surface area contributed by atoms with Crippen LogP contribution in [-0.4, -0.2) is 18.0 Å². The minimum atomic E-state index is -4.46. The number of hydrogen-bond acceptors (Lipinski definition) is 3. The lowest BCUT2D eigenvalue weighted by molar-refractivity contribution is -0.155. The maximum Gasteiger partial charge on any atom is 0.416 e. The second-order valence-electron chi connectivity index (χ2n) is 5.02. The van der Waals surface area contributed by atoms with E-state index in [9.17, 15) is 22.8 Å². The second-order valence-corrected chi connectivity index (χ2v) is 5.02. The van der Waals surface area contributed by atoms with Crippen LogP contribution in [0.1, 0.15) is 30.4 Å². The molecule has 7 heteroatoms. The zero-order valence-electron chi connectivity index (χ0n) is 11.2. The molecule has 3 atom stereocenters. The van der Waals surface area contributed by atoms with Gasteiger partial charge in [0.1, 0.15) is 0 Å². The lowest BCUT2D eigenvalue weighted by Crippen LogP contribution is -2.31. The van der Waals surface area contributed by atoms with Gasteiger partial charge in [-0.25, -0.2) is 0 Å². The van der Waals surface area contributed by atoms with E-state index < -0.39 is 41.6 Å². The molecule has 21 heavy (non-hydrogen) atoms. The van der Waals surface area contributed by atoms with Crippen LogP contribution in [0, 0.1) is 5.92 Å². The van der Waals surface area contributed by atoms with Crippen LogP contribution in [0.5, 0.6) is 0 Å². The topological polar surface area (TPSA) is 69.4 Å². The molecule has 0 unspecified atom stereocenters. The molecule has 114 valence electrons. The number of hydrogen-bond donors (Lipinski definition) is 1. The van der Waals surface area contributed by atoms with Crippen molar-refractivity contribution in [3.05, 3.63) is 35.4 Å². The van der Waals surface area contributed by atoms with Gasteiger partial charge in [0.2, 0.25) is 0 Å². The lowest BCUT2D eigenvalue weighted by Gasteiger charge is -2.13. The summed E-state index contributed by atoms with van der Waals surface area (Å²) in [6.45, 7) is 1.32. The summed E-state index contributed by atoms with van der Waals surface area (Å²) in [5.74, 6) is -2.68. The minimum absolute atomic E-state index is 0.0821. The van der Waals surface area contributed by atoms with Gasteiger partial charge in [-0.3, -0.25) is 9.59 Å². The third-order valence-electron chi connectivity index (χ3n) is 3.45. The van der Waals surface area contributed by atoms with E-state index in [1.54, 1.807) is 0 Å². The molecule has 0 saturated heterocycles. The third kappa shape index (κ3) is 3.34. The highest BCUT2D eigenvalue weighted by Crippen LogP contribution is 2.51. The van der Waals surface area contributed by atoms with Gasteiger partial charge in [0.25, 0.3) is 5.91 Å². The van der Waals surface area contributed by atoms with Crippen molar-refractivity contribution in [1.29, 1.82) is 0 Å². The Morgan fingerprint density at radius 2 is 1.95 bits per heavy atom. The SMILES string of the molecule is C[C@H](OC(=O)[C@H]1C[C@H]1c1ccccc1C(F)(F)F)C(N)=O. The van der Waals surface area contributed by atoms with Gasteiger partial charge in [0, 0.05) is 0 Å². The van der Waals surface area contributed by atoms with E-state index in [2.05, 4.69) is 0 Å². The first-order valence-electron chi connectivity index (χ1n) is 6.37. The number of esters is 1. The summed E-state index contributed by atoms with van der Waals surface area (Å²) in [7, 11) is 0. The molecule has 1 aromatic carbocycles. The fraction of sp³-hybridized carbons (Fsp3) is 0.429. The predicted octanol–water partition coefficient (Wildman–Crippen LogP) is 2.23. The maximum atomic E-state index is 12.9. The molecule has 1 saturated carbocycles. The third-order valence-corrected chi connectivity index (χ3v) is 3.45. The van der Waals surface area contributed by atoms with Gasteiger partial charge >= 0.3 is 12.1 Å². The number of amides is 1. The van der Waals surface area contributed by atoms with Gasteiger partial charge < -0.3 is 10.5 Å². The standard InChI is InChI=1S/C14H14F3NO3/c1-7(12(18)19)21-13(20)10-6-9(10)8-4-2-3-5-11(8)14(15,16)17/h2-5,7,9-10H,6H2,1H3,(H2,18,19)/t7-,9-,10-/m0/s1. The van der Waals surface area contributed by atoms with Gasteiger partial charge in [0.05, 0.1) is 11.5 Å². The minimum Gasteiger partial charge on any atom is -0.452 e. The van der Waals surface area contributed by atoms with Crippen LogP contribution in [0.25, 0.3) is 0 Å². The molecule has 0 spiro atoms. The zero-order valence-corrected chi connectivity index (χ0v) is 11.2. The Hall–Kier alpha value is -2.05. The molecule has 0 aliphatic heterocycles. The van der Waals surface area contributed by atoms with Crippen LogP contribution in [0.3, 0.4) is 0 Å². The summed E-state index contributed by atoms with van der Waals surface area (Å²) < 4.78 is 43.5. The largest absolute Gasteiger partial charge is 0.452 e. The van der Waals surface area contributed by atoms with Crippen molar-refractivity contribution in [2.75, 3.05) is 0 Å². The zero-order chi connectivity index (χ0) is 15.8. The molecule has 0 bridgehead atoms. The first-order valence-corrected chi connectivity index (χ1v) is 6.37. The van der Waals surface area contributed by atoms with Gasteiger partial charge in [-0.05, 0) is 30.9 Å². The summed E-state index contributed by atoms with van der Waals surface area (Å²) in [6, 6.07) is 5.15. The lowest BCUT2D eigenvalue weighted by atomic mass is 10.0. The van der Waals surface area contributed by atoms with Gasteiger partial charge in [-0.15, -0.1) is 0 Å². The van der Waals surface area contributed by atoms with Crippen LogP contribution in [0.4, 0.5) is 13.2 Å². The number of primary amides is 1. The number of alkyl halides is 3. The van der Waals surface area contributed by atoms with E-state index >= 15 is 0 Å². The number of nitrogens with two attached hydrogens (primary N) is 1. The van der Waals surface area contributed by atoms with Gasteiger partial charge in [-0.1, -0.05) is 18.2 Å². The van der Waals surface area contributed by atoms with Crippen molar-refractivity contribution in [1.82, 2.24) is 0 Å². The molecule has 1 aromatic rings. The summed E-state index contributed by atoms with van der Waals surface area (Å²) in [4.78, 5) is 22.6. The molecule has 4 nitrogen and oxygen atoms in total. The van der Waals surface area contributed by atoms with E-state index in [0.717, 1.165) is 6.07 Å². The number of halogens is 3. The summed E-state index contributed by atoms with van der Waals surface area (Å²) in [5, 5.41) is 0. The van der Waals surface area contributed by atoms with Crippen molar-refractivity contribution >= 4 is 11.9 Å². The molecular formula is C14H14F3NO3. The number of rotatable bonds is 4. The van der Waals surface area contributed by atoms with Crippen molar-refractivity contribution in [2.24, 2.45) is 11.7 Å². The normalized spacial score (nSPS) is 22.5. The molecule has 1 aliphatic carbocycles. The van der Waals surface area contributed by atoms with Gasteiger partial charge in [0.15, 0.2) is 6.10 Å². The average molecular weight is 301 g/mol. The van der Waals surface area contributed by atoms with Crippen molar-refractivity contribution in [3.8, 4) is 0 Å². The summed E-state index contributed by atoms with van der Waals surface area (Å²) in [5.41, 5.74) is 4.31. The fourth-order valence-electron chi connectivity index (χ4n) is 2.20. The molecule has 0 heterocycles. The molecule has 1 fully saturated rings. The Bertz CT molecular complexity index is 571. The molecule has 1 amide bonds. The maximum absolute atomic E-state index is 12.9. The van der Waals surface area contributed by atoms with E-state index in [-0.39, 0.29) is 12.0 Å². The van der Waals surface area contributed by atoms with E-state index in [1.165, 1.54) is 25.1 Å². The number of carbonyl (C=O) groups excluding carboxylic acids is 2. The predicted molar refractivity (Wildman–Crippen MR) is 67.0 cm³/mol. The summed E-state index contributed by atoms with van der Waals surface area (Å²) >= 11 is 0. The van der Waals surface area contributed by atoms with E-state index in [4.69, 9.17) is 10.5 Å². The Labute approximate surface area is 119 Å². The van der Waals surface area contributed by atoms with Crippen LogP contribution in [0.2, 0.25) is 0 Å².